The molecule has 1 aliphatic rings. The molecule has 0 unspecified atom stereocenters. The van der Waals surface area contributed by atoms with Crippen LogP contribution >= 0.6 is 0 Å². The van der Waals surface area contributed by atoms with Crippen LogP contribution in [0.3, 0.4) is 0 Å². The Morgan fingerprint density at radius 2 is 2.06 bits per heavy atom. The van der Waals surface area contributed by atoms with Crippen LogP contribution in [0.1, 0.15) is 25.7 Å². The molecule has 94 valence electrons. The van der Waals surface area contributed by atoms with Gasteiger partial charge in [0.15, 0.2) is 0 Å². The molecule has 6 nitrogen and oxygen atoms in total. The molecule has 1 fully saturated rings. The van der Waals surface area contributed by atoms with E-state index in [-0.39, 0.29) is 12.3 Å². The molecule has 0 aromatic heterocycles. The summed E-state index contributed by atoms with van der Waals surface area (Å²) >= 11 is 0. The molecule has 0 radical (unpaired) electrons. The van der Waals surface area contributed by atoms with Gasteiger partial charge in [0.1, 0.15) is 9.84 Å². The number of sulfone groups is 1. The van der Waals surface area contributed by atoms with Crippen LogP contribution < -0.4 is 16.6 Å². The van der Waals surface area contributed by atoms with Crippen molar-refractivity contribution in [3.63, 3.8) is 0 Å². The molecule has 0 amide bonds. The Kier molecular flexibility index (Phi) is 5.01. The van der Waals surface area contributed by atoms with Crippen molar-refractivity contribution in [2.24, 2.45) is 10.8 Å². The minimum atomic E-state index is -2.96. The van der Waals surface area contributed by atoms with E-state index in [4.69, 9.17) is 5.84 Å². The Labute approximate surface area is 96.6 Å². The molecule has 1 aliphatic carbocycles. The molecule has 0 saturated heterocycles. The van der Waals surface area contributed by atoms with E-state index in [1.807, 2.05) is 0 Å². The van der Waals surface area contributed by atoms with Crippen LogP contribution in [0, 0.1) is 0 Å². The summed E-state index contributed by atoms with van der Waals surface area (Å²) in [5, 5.41) is 3.17. The zero-order valence-corrected chi connectivity index (χ0v) is 10.4. The van der Waals surface area contributed by atoms with Gasteiger partial charge in [-0.25, -0.2) is 14.3 Å². The van der Waals surface area contributed by atoms with Crippen LogP contribution in [0.15, 0.2) is 4.99 Å². The van der Waals surface area contributed by atoms with Gasteiger partial charge in [-0.1, -0.05) is 12.8 Å². The molecule has 16 heavy (non-hydrogen) atoms. The van der Waals surface area contributed by atoms with E-state index in [2.05, 4.69) is 15.7 Å². The quantitative estimate of drug-likeness (QED) is 0.267. The fourth-order valence-corrected chi connectivity index (χ4v) is 2.14. The first kappa shape index (κ1) is 13.2. The highest BCUT2D eigenvalue weighted by atomic mass is 32.2. The largest absolute Gasteiger partial charge is 0.353 e. The van der Waals surface area contributed by atoms with Gasteiger partial charge >= 0.3 is 0 Å². The third kappa shape index (κ3) is 5.32. The lowest BCUT2D eigenvalue weighted by Crippen LogP contribution is -2.45. The van der Waals surface area contributed by atoms with Crippen molar-refractivity contribution in [3.8, 4) is 0 Å². The van der Waals surface area contributed by atoms with Gasteiger partial charge in [0.05, 0.1) is 12.3 Å². The fourth-order valence-electron chi connectivity index (χ4n) is 1.72. The van der Waals surface area contributed by atoms with Gasteiger partial charge in [0.2, 0.25) is 5.96 Å². The van der Waals surface area contributed by atoms with Crippen LogP contribution in [-0.4, -0.2) is 39.0 Å². The van der Waals surface area contributed by atoms with Crippen LogP contribution in [0.4, 0.5) is 0 Å². The zero-order chi connectivity index (χ0) is 12.0. The summed E-state index contributed by atoms with van der Waals surface area (Å²) in [6, 6.07) is 0.410. The van der Waals surface area contributed by atoms with Crippen molar-refractivity contribution in [2.45, 2.75) is 31.7 Å². The normalized spacial score (nSPS) is 18.8. The average Bonchev–Trinajstić information content (AvgIpc) is 2.67. The number of nitrogens with zero attached hydrogens (tertiary/aromatic N) is 1. The second kappa shape index (κ2) is 6.05. The zero-order valence-electron chi connectivity index (χ0n) is 9.57. The number of aliphatic imine (C=N–C) groups is 1. The number of hydrazine groups is 1. The highest BCUT2D eigenvalue weighted by molar-refractivity contribution is 7.90. The molecule has 0 aliphatic heterocycles. The highest BCUT2D eigenvalue weighted by Gasteiger charge is 2.15. The molecule has 1 rings (SSSR count). The Balaban J connectivity index is 2.37. The van der Waals surface area contributed by atoms with E-state index < -0.39 is 9.84 Å². The smallest absolute Gasteiger partial charge is 0.205 e. The van der Waals surface area contributed by atoms with Crippen LogP contribution in [0.2, 0.25) is 0 Å². The molecule has 0 spiro atoms. The van der Waals surface area contributed by atoms with Gasteiger partial charge in [-0.2, -0.15) is 0 Å². The molecule has 0 aromatic rings. The Bertz CT molecular complexity index is 333. The van der Waals surface area contributed by atoms with Crippen LogP contribution in [0.5, 0.6) is 0 Å². The second-order valence-electron chi connectivity index (χ2n) is 4.13. The highest BCUT2D eigenvalue weighted by Crippen LogP contribution is 2.17. The van der Waals surface area contributed by atoms with Gasteiger partial charge < -0.3 is 5.32 Å². The number of rotatable bonds is 4. The lowest BCUT2D eigenvalue weighted by atomic mass is 10.2. The fraction of sp³-hybridized carbons (Fsp3) is 0.889. The van der Waals surface area contributed by atoms with E-state index >= 15 is 0 Å². The van der Waals surface area contributed by atoms with E-state index in [1.54, 1.807) is 0 Å². The first-order valence-electron chi connectivity index (χ1n) is 5.46. The van der Waals surface area contributed by atoms with E-state index in [0.717, 1.165) is 12.8 Å². The summed E-state index contributed by atoms with van der Waals surface area (Å²) in [5.41, 5.74) is 2.46. The van der Waals surface area contributed by atoms with Gasteiger partial charge in [-0.3, -0.25) is 10.4 Å². The summed E-state index contributed by atoms with van der Waals surface area (Å²) in [4.78, 5) is 4.08. The van der Waals surface area contributed by atoms with Gasteiger partial charge in [-0.05, 0) is 12.8 Å². The molecule has 0 bridgehead atoms. The lowest BCUT2D eigenvalue weighted by molar-refractivity contribution is 0.600. The molecular weight excluding hydrogens is 228 g/mol. The first-order valence-corrected chi connectivity index (χ1v) is 7.52. The summed E-state index contributed by atoms with van der Waals surface area (Å²) in [6.45, 7) is 0.234. The van der Waals surface area contributed by atoms with E-state index in [0.29, 0.717) is 12.0 Å². The molecule has 0 atom stereocenters. The second-order valence-corrected chi connectivity index (χ2v) is 6.39. The molecule has 4 N–H and O–H groups in total. The van der Waals surface area contributed by atoms with E-state index in [1.165, 1.54) is 19.1 Å². The minimum absolute atomic E-state index is 0.0462. The van der Waals surface area contributed by atoms with Crippen molar-refractivity contribution < 1.29 is 8.42 Å². The maximum atomic E-state index is 10.9. The topological polar surface area (TPSA) is 96.6 Å². The van der Waals surface area contributed by atoms with Gasteiger partial charge in [-0.15, -0.1) is 0 Å². The maximum Gasteiger partial charge on any atom is 0.205 e. The molecular formula is C9H20N4O2S. The number of guanidine groups is 1. The maximum absolute atomic E-state index is 10.9. The monoisotopic (exact) mass is 248 g/mol. The van der Waals surface area contributed by atoms with Crippen LogP contribution in [0.25, 0.3) is 0 Å². The molecule has 0 aromatic carbocycles. The van der Waals surface area contributed by atoms with Crippen molar-refractivity contribution in [2.75, 3.05) is 18.6 Å². The predicted octanol–water partition coefficient (Wildman–Crippen LogP) is -0.617. The minimum Gasteiger partial charge on any atom is -0.353 e. The number of hydrogen-bond donors (Lipinski definition) is 3. The standard InChI is InChI=1S/C9H20N4O2S/c1-16(14,15)7-6-11-9(13-10)12-8-4-2-3-5-8/h8H,2-7,10H2,1H3,(H2,11,12,13). The molecule has 0 heterocycles. The Hall–Kier alpha value is -0.820. The average molecular weight is 248 g/mol. The Morgan fingerprint density at radius 1 is 1.44 bits per heavy atom. The Morgan fingerprint density at radius 3 is 2.56 bits per heavy atom. The van der Waals surface area contributed by atoms with Gasteiger partial charge in [0.25, 0.3) is 0 Å². The van der Waals surface area contributed by atoms with Crippen molar-refractivity contribution in [1.29, 1.82) is 0 Å². The third-order valence-electron chi connectivity index (χ3n) is 2.56. The van der Waals surface area contributed by atoms with Crippen molar-refractivity contribution in [3.05, 3.63) is 0 Å². The summed E-state index contributed by atoms with van der Waals surface area (Å²) in [7, 11) is -2.96. The van der Waals surface area contributed by atoms with Crippen molar-refractivity contribution >= 4 is 15.8 Å². The summed E-state index contributed by atoms with van der Waals surface area (Å²) < 4.78 is 21.8. The number of nitrogens with two attached hydrogens (primary N) is 1. The lowest BCUT2D eigenvalue weighted by Gasteiger charge is -2.14. The number of hydrogen-bond acceptors (Lipinski definition) is 4. The summed E-state index contributed by atoms with van der Waals surface area (Å²) in [6.07, 6.45) is 5.87. The van der Waals surface area contributed by atoms with Gasteiger partial charge in [0, 0.05) is 12.3 Å². The van der Waals surface area contributed by atoms with Crippen LogP contribution in [-0.2, 0) is 9.84 Å². The molecule has 1 saturated carbocycles. The number of nitrogens with one attached hydrogen (secondary N) is 2. The van der Waals surface area contributed by atoms with Crippen molar-refractivity contribution in [1.82, 2.24) is 10.7 Å². The predicted molar refractivity (Wildman–Crippen MR) is 64.7 cm³/mol. The SMILES string of the molecule is CS(=O)(=O)CCN=C(NN)NC1CCCC1. The summed E-state index contributed by atoms with van der Waals surface area (Å²) in [5.74, 6) is 5.84. The first-order chi connectivity index (χ1) is 7.51. The van der Waals surface area contributed by atoms with E-state index in [9.17, 15) is 8.42 Å². The molecule has 7 heteroatoms. The third-order valence-corrected chi connectivity index (χ3v) is 3.49.